The molecule has 0 aromatic rings. The Hall–Kier alpha value is -0.610. The van der Waals surface area contributed by atoms with Crippen LogP contribution in [0.15, 0.2) is 0 Å². The number of carboxylic acid groups (broad SMARTS) is 1. The molecule has 0 atom stereocenters. The maximum Gasteiger partial charge on any atom is 0.324 e. The number of piperazine rings is 1. The van der Waals surface area contributed by atoms with Crippen molar-refractivity contribution >= 4 is 5.97 Å². The first kappa shape index (κ1) is 16.8. The predicted octanol–water partition coefficient (Wildman–Crippen LogP) is 3.02. The minimum absolute atomic E-state index is 0.582. The number of hydrogen-bond donors (Lipinski definition) is 2. The summed E-state index contributed by atoms with van der Waals surface area (Å²) >= 11 is 0. The summed E-state index contributed by atoms with van der Waals surface area (Å²) in [4.78, 5) is 14.4. The highest BCUT2D eigenvalue weighted by Crippen LogP contribution is 2.31. The molecule has 2 N–H and O–H groups in total. The molecular formula is C17H32N2O2. The van der Waals surface area contributed by atoms with Gasteiger partial charge in [-0.3, -0.25) is 9.69 Å². The van der Waals surface area contributed by atoms with Gasteiger partial charge < -0.3 is 10.4 Å². The second-order valence-corrected chi connectivity index (χ2v) is 6.76. The quantitative estimate of drug-likeness (QED) is 0.822. The monoisotopic (exact) mass is 296 g/mol. The number of nitrogens with zero attached hydrogens (tertiary/aromatic N) is 1. The molecule has 0 aromatic heterocycles. The number of carboxylic acids is 1. The third kappa shape index (κ3) is 4.68. The van der Waals surface area contributed by atoms with E-state index in [4.69, 9.17) is 0 Å². The lowest BCUT2D eigenvalue weighted by Crippen LogP contribution is -2.60. The van der Waals surface area contributed by atoms with Crippen molar-refractivity contribution in [2.24, 2.45) is 0 Å². The third-order valence-corrected chi connectivity index (χ3v) is 5.30. The number of aliphatic carboxylic acids is 1. The first-order chi connectivity index (χ1) is 10.3. The maximum atomic E-state index is 12.1. The van der Waals surface area contributed by atoms with Crippen LogP contribution in [0.3, 0.4) is 0 Å². The number of carbonyl (C=O) groups is 1. The van der Waals surface area contributed by atoms with E-state index in [0.717, 1.165) is 51.9 Å². The van der Waals surface area contributed by atoms with Crippen molar-refractivity contribution in [2.75, 3.05) is 26.2 Å². The molecule has 0 spiro atoms. The van der Waals surface area contributed by atoms with Gasteiger partial charge in [-0.1, -0.05) is 57.8 Å². The lowest BCUT2D eigenvalue weighted by Gasteiger charge is -2.43. The van der Waals surface area contributed by atoms with E-state index in [9.17, 15) is 9.90 Å². The Morgan fingerprint density at radius 3 is 1.67 bits per heavy atom. The van der Waals surface area contributed by atoms with Crippen LogP contribution in [0.4, 0.5) is 0 Å². The second kappa shape index (κ2) is 8.74. The van der Waals surface area contributed by atoms with Crippen molar-refractivity contribution in [3.63, 3.8) is 0 Å². The van der Waals surface area contributed by atoms with Crippen molar-refractivity contribution in [3.05, 3.63) is 0 Å². The summed E-state index contributed by atoms with van der Waals surface area (Å²) in [5, 5.41) is 13.3. The molecule has 1 saturated heterocycles. The van der Waals surface area contributed by atoms with Gasteiger partial charge in [0.15, 0.2) is 0 Å². The van der Waals surface area contributed by atoms with Gasteiger partial charge in [0.1, 0.15) is 5.54 Å². The van der Waals surface area contributed by atoms with E-state index in [1.807, 2.05) is 0 Å². The van der Waals surface area contributed by atoms with Crippen molar-refractivity contribution < 1.29 is 9.90 Å². The molecule has 21 heavy (non-hydrogen) atoms. The lowest BCUT2D eigenvalue weighted by atomic mass is 9.83. The highest BCUT2D eigenvalue weighted by Gasteiger charge is 2.43. The highest BCUT2D eigenvalue weighted by atomic mass is 16.4. The van der Waals surface area contributed by atoms with Crippen LogP contribution in [0.1, 0.15) is 70.6 Å². The van der Waals surface area contributed by atoms with E-state index >= 15 is 0 Å². The summed E-state index contributed by atoms with van der Waals surface area (Å²) in [5.41, 5.74) is -0.596. The van der Waals surface area contributed by atoms with Crippen LogP contribution >= 0.6 is 0 Å². The second-order valence-electron chi connectivity index (χ2n) is 6.76. The molecule has 2 fully saturated rings. The topological polar surface area (TPSA) is 52.6 Å². The standard InChI is InChI=1S/C17H32N2O2/c20-16(21)17(19-14-12-18-13-15-19)10-8-6-4-2-1-3-5-7-9-11-17/h18H,1-15H2,(H,20,21). The first-order valence-corrected chi connectivity index (χ1v) is 8.95. The Balaban J connectivity index is 2.06. The van der Waals surface area contributed by atoms with Crippen LogP contribution in [-0.2, 0) is 4.79 Å². The average molecular weight is 296 g/mol. The molecular weight excluding hydrogens is 264 g/mol. The van der Waals surface area contributed by atoms with E-state index in [2.05, 4.69) is 10.2 Å². The van der Waals surface area contributed by atoms with Crippen LogP contribution in [0.25, 0.3) is 0 Å². The molecule has 0 unspecified atom stereocenters. The van der Waals surface area contributed by atoms with Gasteiger partial charge >= 0.3 is 5.97 Å². The van der Waals surface area contributed by atoms with Gasteiger partial charge in [-0.05, 0) is 12.8 Å². The molecule has 1 aliphatic heterocycles. The van der Waals surface area contributed by atoms with E-state index in [1.54, 1.807) is 0 Å². The Bertz CT molecular complexity index is 302. The Kier molecular flexibility index (Phi) is 6.97. The molecule has 0 radical (unpaired) electrons. The van der Waals surface area contributed by atoms with E-state index < -0.39 is 11.5 Å². The predicted molar refractivity (Wildman–Crippen MR) is 85.6 cm³/mol. The molecule has 0 bridgehead atoms. The number of hydrogen-bond acceptors (Lipinski definition) is 3. The molecule has 0 aromatic carbocycles. The minimum Gasteiger partial charge on any atom is -0.480 e. The van der Waals surface area contributed by atoms with Crippen molar-refractivity contribution in [2.45, 2.75) is 76.2 Å². The summed E-state index contributed by atoms with van der Waals surface area (Å²) in [6.45, 7) is 3.61. The minimum atomic E-state index is -0.596. The van der Waals surface area contributed by atoms with Crippen LogP contribution in [0.5, 0.6) is 0 Å². The normalized spacial score (nSPS) is 26.5. The molecule has 1 saturated carbocycles. The van der Waals surface area contributed by atoms with Gasteiger partial charge in [0, 0.05) is 26.2 Å². The molecule has 2 aliphatic rings. The van der Waals surface area contributed by atoms with Crippen LogP contribution in [-0.4, -0.2) is 47.7 Å². The SMILES string of the molecule is O=C(O)C1(N2CCNCC2)CCCCCCCCCCC1. The van der Waals surface area contributed by atoms with Gasteiger partial charge in [-0.25, -0.2) is 0 Å². The van der Waals surface area contributed by atoms with Gasteiger partial charge in [0.2, 0.25) is 0 Å². The summed E-state index contributed by atoms with van der Waals surface area (Å²) in [6.07, 6.45) is 12.8. The number of rotatable bonds is 2. The molecule has 2 rings (SSSR count). The molecule has 122 valence electrons. The van der Waals surface area contributed by atoms with E-state index in [1.165, 1.54) is 44.9 Å². The highest BCUT2D eigenvalue weighted by molar-refractivity contribution is 5.78. The summed E-state index contributed by atoms with van der Waals surface area (Å²) in [7, 11) is 0. The lowest BCUT2D eigenvalue weighted by molar-refractivity contribution is -0.154. The van der Waals surface area contributed by atoms with Crippen molar-refractivity contribution in [1.29, 1.82) is 0 Å². The van der Waals surface area contributed by atoms with Crippen LogP contribution in [0, 0.1) is 0 Å². The molecule has 0 amide bonds. The fourth-order valence-electron chi connectivity index (χ4n) is 3.96. The molecule has 4 heteroatoms. The maximum absolute atomic E-state index is 12.1. The fraction of sp³-hybridized carbons (Fsp3) is 0.941. The zero-order valence-electron chi connectivity index (χ0n) is 13.4. The smallest absolute Gasteiger partial charge is 0.324 e. The van der Waals surface area contributed by atoms with Gasteiger partial charge in [-0.15, -0.1) is 0 Å². The third-order valence-electron chi connectivity index (χ3n) is 5.30. The Morgan fingerprint density at radius 2 is 1.24 bits per heavy atom. The molecule has 1 aliphatic carbocycles. The van der Waals surface area contributed by atoms with E-state index in [-0.39, 0.29) is 0 Å². The van der Waals surface area contributed by atoms with Gasteiger partial charge in [0.05, 0.1) is 0 Å². The Morgan fingerprint density at radius 1 is 0.810 bits per heavy atom. The fourth-order valence-corrected chi connectivity index (χ4v) is 3.96. The summed E-state index contributed by atoms with van der Waals surface area (Å²) in [5.74, 6) is -0.582. The van der Waals surface area contributed by atoms with Crippen LogP contribution in [0.2, 0.25) is 0 Å². The zero-order chi connectivity index (χ0) is 15.0. The zero-order valence-corrected chi connectivity index (χ0v) is 13.4. The summed E-state index contributed by atoms with van der Waals surface area (Å²) < 4.78 is 0. The first-order valence-electron chi connectivity index (χ1n) is 8.95. The number of nitrogens with one attached hydrogen (secondary N) is 1. The van der Waals surface area contributed by atoms with Crippen molar-refractivity contribution in [1.82, 2.24) is 10.2 Å². The van der Waals surface area contributed by atoms with Crippen LogP contribution < -0.4 is 5.32 Å². The Labute approximate surface area is 129 Å². The largest absolute Gasteiger partial charge is 0.480 e. The summed E-state index contributed by atoms with van der Waals surface area (Å²) in [6, 6.07) is 0. The average Bonchev–Trinajstić information content (AvgIpc) is 2.49. The molecule has 4 nitrogen and oxygen atoms in total. The van der Waals surface area contributed by atoms with Gasteiger partial charge in [-0.2, -0.15) is 0 Å². The van der Waals surface area contributed by atoms with E-state index in [0.29, 0.717) is 0 Å². The van der Waals surface area contributed by atoms with Crippen molar-refractivity contribution in [3.8, 4) is 0 Å². The molecule has 1 heterocycles. The van der Waals surface area contributed by atoms with Gasteiger partial charge in [0.25, 0.3) is 0 Å².